The van der Waals surface area contributed by atoms with Crippen molar-refractivity contribution in [2.75, 3.05) is 0 Å². The number of ether oxygens (including phenoxy) is 1. The van der Waals surface area contributed by atoms with Gasteiger partial charge in [-0.15, -0.1) is 0 Å². The number of fused-ring (bicyclic) bond motifs is 1. The average molecular weight is 287 g/mol. The van der Waals surface area contributed by atoms with E-state index in [-0.39, 0.29) is 12.5 Å². The van der Waals surface area contributed by atoms with Gasteiger partial charge >= 0.3 is 5.97 Å². The zero-order valence-electron chi connectivity index (χ0n) is 10.5. The molecule has 2 aromatic carbocycles. The van der Waals surface area contributed by atoms with E-state index in [2.05, 4.69) is 4.98 Å². The van der Waals surface area contributed by atoms with E-state index in [0.29, 0.717) is 10.8 Å². The molecule has 0 aliphatic carbocycles. The number of hydrogen-bond acceptors (Lipinski definition) is 3. The Morgan fingerprint density at radius 2 is 1.90 bits per heavy atom. The smallest absolute Gasteiger partial charge is 0.331 e. The number of imidazole rings is 1. The van der Waals surface area contributed by atoms with Gasteiger partial charge in [0.25, 0.3) is 0 Å². The molecule has 100 valence electrons. The standard InChI is InChI=1S/C15H11ClN2O2/c16-11-5-1-4-8-14(11)20-15(19)9-18-10-17-12-6-2-3-7-13(12)18/h1-8,10H,9H2. The molecule has 4 nitrogen and oxygen atoms in total. The number of aromatic nitrogens is 2. The van der Waals surface area contributed by atoms with Crippen LogP contribution >= 0.6 is 11.6 Å². The summed E-state index contributed by atoms with van der Waals surface area (Å²) >= 11 is 5.95. The monoisotopic (exact) mass is 286 g/mol. The highest BCUT2D eigenvalue weighted by atomic mass is 35.5. The molecule has 0 bridgehead atoms. The molecule has 0 atom stereocenters. The van der Waals surface area contributed by atoms with Crippen LogP contribution in [0.2, 0.25) is 5.02 Å². The van der Waals surface area contributed by atoms with Crippen LogP contribution in [-0.2, 0) is 11.3 Å². The zero-order chi connectivity index (χ0) is 13.9. The van der Waals surface area contributed by atoms with Gasteiger partial charge in [-0.2, -0.15) is 0 Å². The third kappa shape index (κ3) is 2.51. The molecule has 3 aromatic rings. The molecule has 3 rings (SSSR count). The first-order valence-electron chi connectivity index (χ1n) is 6.09. The minimum absolute atomic E-state index is 0.0890. The molecule has 0 saturated heterocycles. The molecule has 0 aliphatic rings. The fourth-order valence-electron chi connectivity index (χ4n) is 1.96. The van der Waals surface area contributed by atoms with Crippen molar-refractivity contribution in [2.45, 2.75) is 6.54 Å². The Balaban J connectivity index is 1.78. The third-order valence-electron chi connectivity index (χ3n) is 2.89. The second kappa shape index (κ2) is 5.35. The molecule has 0 unspecified atom stereocenters. The molecule has 0 saturated carbocycles. The number of nitrogens with zero attached hydrogens (tertiary/aromatic N) is 2. The second-order valence-corrected chi connectivity index (χ2v) is 4.67. The Morgan fingerprint density at radius 1 is 1.15 bits per heavy atom. The maximum Gasteiger partial charge on any atom is 0.331 e. The van der Waals surface area contributed by atoms with Crippen molar-refractivity contribution in [3.8, 4) is 5.75 Å². The van der Waals surface area contributed by atoms with Gasteiger partial charge in [-0.3, -0.25) is 0 Å². The average Bonchev–Trinajstić information content (AvgIpc) is 2.85. The topological polar surface area (TPSA) is 44.1 Å². The van der Waals surface area contributed by atoms with Crippen LogP contribution in [0.3, 0.4) is 0 Å². The summed E-state index contributed by atoms with van der Waals surface area (Å²) in [6.45, 7) is 0.0890. The molecule has 1 heterocycles. The Bertz CT molecular complexity index is 767. The van der Waals surface area contributed by atoms with Crippen molar-refractivity contribution in [3.63, 3.8) is 0 Å². The molecule has 0 fully saturated rings. The van der Waals surface area contributed by atoms with Crippen LogP contribution in [0.1, 0.15) is 0 Å². The van der Waals surface area contributed by atoms with Gasteiger partial charge in [-0.1, -0.05) is 35.9 Å². The van der Waals surface area contributed by atoms with E-state index in [1.807, 2.05) is 24.3 Å². The van der Waals surface area contributed by atoms with Crippen LogP contribution in [0.25, 0.3) is 11.0 Å². The molecular weight excluding hydrogens is 276 g/mol. The van der Waals surface area contributed by atoms with Crippen molar-refractivity contribution in [2.24, 2.45) is 0 Å². The van der Waals surface area contributed by atoms with Crippen LogP contribution in [0.4, 0.5) is 0 Å². The number of carbonyl (C=O) groups excluding carboxylic acids is 1. The summed E-state index contributed by atoms with van der Waals surface area (Å²) in [7, 11) is 0. The van der Waals surface area contributed by atoms with E-state index >= 15 is 0 Å². The Labute approximate surface area is 120 Å². The highest BCUT2D eigenvalue weighted by molar-refractivity contribution is 6.32. The van der Waals surface area contributed by atoms with E-state index in [4.69, 9.17) is 16.3 Å². The van der Waals surface area contributed by atoms with E-state index in [1.165, 1.54) is 0 Å². The molecule has 0 amide bonds. The Hall–Kier alpha value is -2.33. The maximum atomic E-state index is 11.9. The number of hydrogen-bond donors (Lipinski definition) is 0. The van der Waals surface area contributed by atoms with Gasteiger partial charge in [-0.05, 0) is 24.3 Å². The van der Waals surface area contributed by atoms with Crippen LogP contribution in [0.5, 0.6) is 5.75 Å². The van der Waals surface area contributed by atoms with E-state index in [0.717, 1.165) is 11.0 Å². The van der Waals surface area contributed by atoms with Gasteiger partial charge in [0.1, 0.15) is 12.3 Å². The SMILES string of the molecule is O=C(Cn1cnc2ccccc21)Oc1ccccc1Cl. The van der Waals surface area contributed by atoms with Crippen LogP contribution in [0.15, 0.2) is 54.9 Å². The minimum atomic E-state index is -0.388. The van der Waals surface area contributed by atoms with Crippen molar-refractivity contribution >= 4 is 28.6 Å². The number of para-hydroxylation sites is 3. The van der Waals surface area contributed by atoms with Crippen molar-refractivity contribution in [3.05, 3.63) is 59.9 Å². The molecule has 0 radical (unpaired) electrons. The molecule has 0 aliphatic heterocycles. The summed E-state index contributed by atoms with van der Waals surface area (Å²) in [4.78, 5) is 16.2. The lowest BCUT2D eigenvalue weighted by Crippen LogP contribution is -2.15. The second-order valence-electron chi connectivity index (χ2n) is 4.27. The highest BCUT2D eigenvalue weighted by Crippen LogP contribution is 2.23. The van der Waals surface area contributed by atoms with Crippen molar-refractivity contribution in [1.82, 2.24) is 9.55 Å². The van der Waals surface area contributed by atoms with Gasteiger partial charge in [0.2, 0.25) is 0 Å². The summed E-state index contributed by atoms with van der Waals surface area (Å²) in [5, 5.41) is 0.413. The summed E-state index contributed by atoms with van der Waals surface area (Å²) in [6.07, 6.45) is 1.62. The quantitative estimate of drug-likeness (QED) is 0.548. The molecule has 20 heavy (non-hydrogen) atoms. The van der Waals surface area contributed by atoms with Crippen molar-refractivity contribution in [1.29, 1.82) is 0 Å². The highest BCUT2D eigenvalue weighted by Gasteiger charge is 2.10. The lowest BCUT2D eigenvalue weighted by atomic mass is 10.3. The largest absolute Gasteiger partial charge is 0.424 e. The van der Waals surface area contributed by atoms with Crippen LogP contribution < -0.4 is 4.74 Å². The Morgan fingerprint density at radius 3 is 2.75 bits per heavy atom. The first kappa shape index (κ1) is 12.7. The summed E-state index contributed by atoms with van der Waals surface area (Å²) in [5.41, 5.74) is 1.74. The van der Waals surface area contributed by atoms with Gasteiger partial charge in [0.05, 0.1) is 22.4 Å². The summed E-state index contributed by atoms with van der Waals surface area (Å²) in [5.74, 6) is -0.0233. The minimum Gasteiger partial charge on any atom is -0.424 e. The van der Waals surface area contributed by atoms with Gasteiger partial charge < -0.3 is 9.30 Å². The molecular formula is C15H11ClN2O2. The van der Waals surface area contributed by atoms with Gasteiger partial charge in [0.15, 0.2) is 0 Å². The number of halogens is 1. The third-order valence-corrected chi connectivity index (χ3v) is 3.20. The first-order chi connectivity index (χ1) is 9.74. The van der Waals surface area contributed by atoms with Gasteiger partial charge in [0, 0.05) is 0 Å². The van der Waals surface area contributed by atoms with E-state index < -0.39 is 0 Å². The van der Waals surface area contributed by atoms with E-state index in [9.17, 15) is 4.79 Å². The Kier molecular flexibility index (Phi) is 3.39. The van der Waals surface area contributed by atoms with E-state index in [1.54, 1.807) is 35.2 Å². The molecule has 0 spiro atoms. The number of benzene rings is 2. The summed E-state index contributed by atoms with van der Waals surface area (Å²) in [6, 6.07) is 14.5. The van der Waals surface area contributed by atoms with Crippen LogP contribution in [-0.4, -0.2) is 15.5 Å². The lowest BCUT2D eigenvalue weighted by Gasteiger charge is -2.07. The zero-order valence-corrected chi connectivity index (χ0v) is 11.2. The van der Waals surface area contributed by atoms with Crippen molar-refractivity contribution < 1.29 is 9.53 Å². The number of rotatable bonds is 3. The normalized spacial score (nSPS) is 10.7. The predicted octanol–water partition coefficient (Wildman–Crippen LogP) is 3.30. The van der Waals surface area contributed by atoms with Crippen LogP contribution in [0, 0.1) is 0 Å². The fraction of sp³-hybridized carbons (Fsp3) is 0.0667. The molecule has 0 N–H and O–H groups in total. The number of carbonyl (C=O) groups is 1. The first-order valence-corrected chi connectivity index (χ1v) is 6.47. The summed E-state index contributed by atoms with van der Waals surface area (Å²) < 4.78 is 6.99. The molecule has 1 aromatic heterocycles. The maximum absolute atomic E-state index is 11.9. The predicted molar refractivity (Wildman–Crippen MR) is 76.8 cm³/mol. The lowest BCUT2D eigenvalue weighted by molar-refractivity contribution is -0.134. The molecule has 5 heteroatoms. The van der Waals surface area contributed by atoms with Gasteiger partial charge in [-0.25, -0.2) is 9.78 Å². The number of esters is 1. The fourth-order valence-corrected chi connectivity index (χ4v) is 2.13.